The molecule has 2 N–H and O–H groups in total. The Labute approximate surface area is 150 Å². The minimum absolute atomic E-state index is 0.436. The van der Waals surface area contributed by atoms with Crippen molar-refractivity contribution in [3.8, 4) is 5.75 Å². The first-order chi connectivity index (χ1) is 12.0. The van der Waals surface area contributed by atoms with E-state index in [9.17, 15) is 9.59 Å². The van der Waals surface area contributed by atoms with Gasteiger partial charge in [-0.25, -0.2) is 5.43 Å². The number of benzene rings is 2. The molecule has 0 saturated carbocycles. The highest BCUT2D eigenvalue weighted by molar-refractivity contribution is 6.39. The van der Waals surface area contributed by atoms with E-state index in [0.29, 0.717) is 17.3 Å². The molecule has 0 bridgehead atoms. The van der Waals surface area contributed by atoms with Crippen LogP contribution in [0, 0.1) is 6.92 Å². The topological polar surface area (TPSA) is 79.8 Å². The molecule has 0 heterocycles. The van der Waals surface area contributed by atoms with Gasteiger partial charge in [0, 0.05) is 10.7 Å². The van der Waals surface area contributed by atoms with Gasteiger partial charge >= 0.3 is 11.8 Å². The lowest BCUT2D eigenvalue weighted by molar-refractivity contribution is -0.136. The molecule has 0 aliphatic heterocycles. The highest BCUT2D eigenvalue weighted by atomic mass is 35.5. The summed E-state index contributed by atoms with van der Waals surface area (Å²) >= 11 is 5.97. The number of carbonyl (C=O) groups is 2. The molecule has 0 aliphatic rings. The standard InChI is InChI=1S/C18H18ClN3O3/c1-3-25-15-8-5-13(6-9-15)11-20-22-18(24)17(23)21-14-7-4-12(2)16(19)10-14/h4-11H,3H2,1-2H3,(H,21,23)(H,22,24)/b20-11-. The maximum atomic E-state index is 11.8. The number of hydrazone groups is 1. The van der Waals surface area contributed by atoms with Crippen molar-refractivity contribution >= 4 is 35.3 Å². The van der Waals surface area contributed by atoms with Crippen LogP contribution in [0.4, 0.5) is 5.69 Å². The molecule has 6 nitrogen and oxygen atoms in total. The molecule has 0 radical (unpaired) electrons. The Morgan fingerprint density at radius 2 is 1.88 bits per heavy atom. The smallest absolute Gasteiger partial charge is 0.329 e. The average Bonchev–Trinajstić information content (AvgIpc) is 2.60. The highest BCUT2D eigenvalue weighted by Gasteiger charge is 2.13. The van der Waals surface area contributed by atoms with E-state index in [0.717, 1.165) is 16.9 Å². The van der Waals surface area contributed by atoms with Crippen LogP contribution >= 0.6 is 11.6 Å². The van der Waals surface area contributed by atoms with Crippen molar-refractivity contribution in [2.24, 2.45) is 5.10 Å². The summed E-state index contributed by atoms with van der Waals surface area (Å²) < 4.78 is 5.33. The van der Waals surface area contributed by atoms with E-state index < -0.39 is 11.8 Å². The number of anilines is 1. The van der Waals surface area contributed by atoms with Crippen LogP contribution in [0.15, 0.2) is 47.6 Å². The molecule has 0 atom stereocenters. The zero-order valence-electron chi connectivity index (χ0n) is 13.9. The molecule has 2 aromatic rings. The Kier molecular flexibility index (Phi) is 6.54. The summed E-state index contributed by atoms with van der Waals surface area (Å²) in [6.45, 7) is 4.33. The van der Waals surface area contributed by atoms with Crippen molar-refractivity contribution < 1.29 is 14.3 Å². The largest absolute Gasteiger partial charge is 0.494 e. The van der Waals surface area contributed by atoms with Gasteiger partial charge in [0.05, 0.1) is 12.8 Å². The van der Waals surface area contributed by atoms with E-state index in [4.69, 9.17) is 16.3 Å². The Hall–Kier alpha value is -2.86. The van der Waals surface area contributed by atoms with Gasteiger partial charge in [-0.05, 0) is 61.4 Å². The summed E-state index contributed by atoms with van der Waals surface area (Å²) in [5.74, 6) is -0.956. The van der Waals surface area contributed by atoms with Gasteiger partial charge in [0.15, 0.2) is 0 Å². The normalized spacial score (nSPS) is 10.5. The Morgan fingerprint density at radius 3 is 2.52 bits per heavy atom. The van der Waals surface area contributed by atoms with E-state index >= 15 is 0 Å². The summed E-state index contributed by atoms with van der Waals surface area (Å²) in [5.41, 5.74) is 4.25. The molecule has 7 heteroatoms. The second-order valence-corrected chi connectivity index (χ2v) is 5.53. The first kappa shape index (κ1) is 18.5. The summed E-state index contributed by atoms with van der Waals surface area (Å²) in [6.07, 6.45) is 1.43. The number of carbonyl (C=O) groups excluding carboxylic acids is 2. The first-order valence-corrected chi connectivity index (χ1v) is 8.00. The molecular formula is C18H18ClN3O3. The zero-order valence-corrected chi connectivity index (χ0v) is 14.6. The number of hydrogen-bond donors (Lipinski definition) is 2. The van der Waals surface area contributed by atoms with Crippen molar-refractivity contribution in [1.29, 1.82) is 0 Å². The minimum atomic E-state index is -0.876. The monoisotopic (exact) mass is 359 g/mol. The van der Waals surface area contributed by atoms with Crippen LogP contribution in [0.2, 0.25) is 5.02 Å². The van der Waals surface area contributed by atoms with Crippen molar-refractivity contribution in [3.05, 3.63) is 58.6 Å². The molecular weight excluding hydrogens is 342 g/mol. The van der Waals surface area contributed by atoms with Crippen LogP contribution in [0.5, 0.6) is 5.75 Å². The molecule has 0 spiro atoms. The summed E-state index contributed by atoms with van der Waals surface area (Å²) in [7, 11) is 0. The molecule has 0 aromatic heterocycles. The number of amides is 2. The van der Waals surface area contributed by atoms with E-state index in [2.05, 4.69) is 15.8 Å². The molecule has 25 heavy (non-hydrogen) atoms. The predicted octanol–water partition coefficient (Wildman–Crippen LogP) is 3.14. The third-order valence-corrected chi connectivity index (χ3v) is 3.61. The van der Waals surface area contributed by atoms with Gasteiger partial charge in [-0.15, -0.1) is 0 Å². The van der Waals surface area contributed by atoms with Crippen molar-refractivity contribution in [2.75, 3.05) is 11.9 Å². The van der Waals surface area contributed by atoms with Crippen LogP contribution in [0.1, 0.15) is 18.1 Å². The van der Waals surface area contributed by atoms with E-state index in [-0.39, 0.29) is 0 Å². The van der Waals surface area contributed by atoms with Gasteiger partial charge in [0.1, 0.15) is 5.75 Å². The predicted molar refractivity (Wildman–Crippen MR) is 98.2 cm³/mol. The van der Waals surface area contributed by atoms with Gasteiger partial charge in [-0.3, -0.25) is 9.59 Å². The van der Waals surface area contributed by atoms with Crippen LogP contribution < -0.4 is 15.5 Å². The van der Waals surface area contributed by atoms with E-state index in [1.165, 1.54) is 6.21 Å². The molecule has 2 aromatic carbocycles. The third kappa shape index (κ3) is 5.61. The third-order valence-electron chi connectivity index (χ3n) is 3.21. The van der Waals surface area contributed by atoms with Gasteiger partial charge in [0.25, 0.3) is 0 Å². The number of nitrogens with one attached hydrogen (secondary N) is 2. The van der Waals surface area contributed by atoms with Gasteiger partial charge in [-0.1, -0.05) is 17.7 Å². The van der Waals surface area contributed by atoms with Crippen molar-refractivity contribution in [2.45, 2.75) is 13.8 Å². The molecule has 0 saturated heterocycles. The number of nitrogens with zero attached hydrogens (tertiary/aromatic N) is 1. The molecule has 0 aliphatic carbocycles. The second-order valence-electron chi connectivity index (χ2n) is 5.12. The minimum Gasteiger partial charge on any atom is -0.494 e. The lowest BCUT2D eigenvalue weighted by atomic mass is 10.2. The van der Waals surface area contributed by atoms with Gasteiger partial charge in [-0.2, -0.15) is 5.10 Å². The SMILES string of the molecule is CCOc1ccc(/C=N\NC(=O)C(=O)Nc2ccc(C)c(Cl)c2)cc1. The number of ether oxygens (including phenoxy) is 1. The maximum absolute atomic E-state index is 11.8. The quantitative estimate of drug-likeness (QED) is 0.489. The van der Waals surface area contributed by atoms with Crippen LogP contribution in [0.3, 0.4) is 0 Å². The second kappa shape index (κ2) is 8.84. The number of halogens is 1. The molecule has 2 rings (SSSR count). The molecule has 0 unspecified atom stereocenters. The highest BCUT2D eigenvalue weighted by Crippen LogP contribution is 2.19. The summed E-state index contributed by atoms with van der Waals surface area (Å²) in [4.78, 5) is 23.5. The van der Waals surface area contributed by atoms with Crippen LogP contribution in [-0.4, -0.2) is 24.6 Å². The Morgan fingerprint density at radius 1 is 1.16 bits per heavy atom. The van der Waals surface area contributed by atoms with Crippen LogP contribution in [0.25, 0.3) is 0 Å². The fourth-order valence-electron chi connectivity index (χ4n) is 1.89. The van der Waals surface area contributed by atoms with E-state index in [1.54, 1.807) is 42.5 Å². The lowest BCUT2D eigenvalue weighted by Crippen LogP contribution is -2.32. The number of rotatable bonds is 5. The number of hydrogen-bond acceptors (Lipinski definition) is 4. The van der Waals surface area contributed by atoms with Crippen molar-refractivity contribution in [1.82, 2.24) is 5.43 Å². The first-order valence-electron chi connectivity index (χ1n) is 7.63. The average molecular weight is 360 g/mol. The Bertz CT molecular complexity index is 789. The fraction of sp³-hybridized carbons (Fsp3) is 0.167. The summed E-state index contributed by atoms with van der Waals surface area (Å²) in [5, 5.41) is 6.72. The zero-order chi connectivity index (χ0) is 18.2. The van der Waals surface area contributed by atoms with Gasteiger partial charge < -0.3 is 10.1 Å². The Balaban J connectivity index is 1.88. The van der Waals surface area contributed by atoms with E-state index in [1.807, 2.05) is 13.8 Å². The van der Waals surface area contributed by atoms with Crippen molar-refractivity contribution in [3.63, 3.8) is 0 Å². The number of aryl methyl sites for hydroxylation is 1. The molecule has 2 amide bonds. The summed E-state index contributed by atoms with van der Waals surface area (Å²) in [6, 6.07) is 12.1. The lowest BCUT2D eigenvalue weighted by Gasteiger charge is -2.05. The van der Waals surface area contributed by atoms with Crippen LogP contribution in [-0.2, 0) is 9.59 Å². The fourth-order valence-corrected chi connectivity index (χ4v) is 2.07. The maximum Gasteiger partial charge on any atom is 0.329 e. The molecule has 130 valence electrons. The van der Waals surface area contributed by atoms with Gasteiger partial charge in [0.2, 0.25) is 0 Å². The molecule has 0 fully saturated rings.